The molecular formula is C13H19NO2S. The first-order valence-corrected chi connectivity index (χ1v) is 6.93. The fourth-order valence-electron chi connectivity index (χ4n) is 2.27. The fraction of sp³-hybridized carbons (Fsp3) is 0.615. The molecular weight excluding hydrogens is 234 g/mol. The van der Waals surface area contributed by atoms with Crippen LogP contribution in [0.3, 0.4) is 0 Å². The van der Waals surface area contributed by atoms with Crippen molar-refractivity contribution < 1.29 is 9.90 Å². The van der Waals surface area contributed by atoms with Crippen molar-refractivity contribution in [3.63, 3.8) is 0 Å². The number of rotatable bonds is 4. The van der Waals surface area contributed by atoms with Crippen LogP contribution in [0.2, 0.25) is 0 Å². The second kappa shape index (κ2) is 5.19. The molecule has 3 nitrogen and oxygen atoms in total. The Kier molecular flexibility index (Phi) is 3.84. The Labute approximate surface area is 106 Å². The molecule has 0 saturated heterocycles. The number of nitrogens with one attached hydrogen (secondary N) is 1. The molecule has 0 bridgehead atoms. The molecule has 1 aliphatic carbocycles. The van der Waals surface area contributed by atoms with Gasteiger partial charge < -0.3 is 10.4 Å². The van der Waals surface area contributed by atoms with Gasteiger partial charge in [0.05, 0.1) is 12.0 Å². The summed E-state index contributed by atoms with van der Waals surface area (Å²) in [6.07, 6.45) is 4.18. The molecule has 0 atom stereocenters. The summed E-state index contributed by atoms with van der Waals surface area (Å²) in [5, 5.41) is 12.9. The van der Waals surface area contributed by atoms with Crippen molar-refractivity contribution in [1.82, 2.24) is 5.32 Å². The third-order valence-corrected chi connectivity index (χ3v) is 4.28. The number of carbonyl (C=O) groups excluding carboxylic acids is 1. The molecule has 1 fully saturated rings. The van der Waals surface area contributed by atoms with Gasteiger partial charge >= 0.3 is 0 Å². The van der Waals surface area contributed by atoms with Gasteiger partial charge in [-0.3, -0.25) is 4.79 Å². The predicted octanol–water partition coefficient (Wildman–Crippen LogP) is 2.02. The van der Waals surface area contributed by atoms with Crippen molar-refractivity contribution in [3.05, 3.63) is 21.9 Å². The van der Waals surface area contributed by atoms with Gasteiger partial charge in [0.1, 0.15) is 0 Å². The van der Waals surface area contributed by atoms with Crippen LogP contribution in [0.4, 0.5) is 0 Å². The number of thiophene rings is 1. The van der Waals surface area contributed by atoms with E-state index in [4.69, 9.17) is 0 Å². The quantitative estimate of drug-likeness (QED) is 0.862. The van der Waals surface area contributed by atoms with Gasteiger partial charge in [-0.25, -0.2) is 0 Å². The Balaban J connectivity index is 1.77. The third-order valence-electron chi connectivity index (χ3n) is 3.28. The van der Waals surface area contributed by atoms with Crippen LogP contribution in [-0.4, -0.2) is 23.2 Å². The minimum absolute atomic E-state index is 0.00664. The van der Waals surface area contributed by atoms with Gasteiger partial charge in [0.2, 0.25) is 5.91 Å². The second-order valence-corrected chi connectivity index (χ2v) is 6.27. The molecule has 0 unspecified atom stereocenters. The van der Waals surface area contributed by atoms with Crippen LogP contribution in [0, 0.1) is 6.92 Å². The maximum absolute atomic E-state index is 11.7. The molecule has 1 aliphatic rings. The summed E-state index contributed by atoms with van der Waals surface area (Å²) in [5.41, 5.74) is -0.652. The summed E-state index contributed by atoms with van der Waals surface area (Å²) in [7, 11) is 0. The monoisotopic (exact) mass is 253 g/mol. The van der Waals surface area contributed by atoms with E-state index in [2.05, 4.69) is 5.32 Å². The van der Waals surface area contributed by atoms with Gasteiger partial charge in [-0.05, 0) is 31.9 Å². The molecule has 1 aromatic rings. The Morgan fingerprint density at radius 1 is 1.47 bits per heavy atom. The zero-order valence-electron chi connectivity index (χ0n) is 10.2. The highest BCUT2D eigenvalue weighted by Crippen LogP contribution is 2.28. The number of hydrogen-bond acceptors (Lipinski definition) is 3. The van der Waals surface area contributed by atoms with E-state index in [1.54, 1.807) is 11.3 Å². The Morgan fingerprint density at radius 2 is 2.18 bits per heavy atom. The van der Waals surface area contributed by atoms with Crippen molar-refractivity contribution in [2.24, 2.45) is 0 Å². The summed E-state index contributed by atoms with van der Waals surface area (Å²) in [6.45, 7) is 2.43. The fourth-order valence-corrected chi connectivity index (χ4v) is 3.16. The number of amides is 1. The van der Waals surface area contributed by atoms with Crippen LogP contribution in [0.15, 0.2) is 12.1 Å². The van der Waals surface area contributed by atoms with Gasteiger partial charge in [0.15, 0.2) is 0 Å². The molecule has 0 aromatic carbocycles. The first-order chi connectivity index (χ1) is 8.07. The maximum Gasteiger partial charge on any atom is 0.225 e. The molecule has 0 radical (unpaired) electrons. The normalized spacial score (nSPS) is 18.2. The zero-order chi connectivity index (χ0) is 12.3. The molecule has 17 heavy (non-hydrogen) atoms. The smallest absolute Gasteiger partial charge is 0.225 e. The van der Waals surface area contributed by atoms with E-state index in [9.17, 15) is 9.90 Å². The van der Waals surface area contributed by atoms with E-state index in [0.29, 0.717) is 13.0 Å². The van der Waals surface area contributed by atoms with Crippen LogP contribution >= 0.6 is 11.3 Å². The van der Waals surface area contributed by atoms with Crippen LogP contribution in [-0.2, 0) is 11.2 Å². The first kappa shape index (κ1) is 12.6. The molecule has 0 aliphatic heterocycles. The third kappa shape index (κ3) is 3.54. The molecule has 1 heterocycles. The van der Waals surface area contributed by atoms with Crippen molar-refractivity contribution >= 4 is 17.2 Å². The van der Waals surface area contributed by atoms with Crippen molar-refractivity contribution in [1.29, 1.82) is 0 Å². The summed E-state index contributed by atoms with van der Waals surface area (Å²) in [5.74, 6) is 0.00664. The van der Waals surface area contributed by atoms with Gasteiger partial charge in [-0.15, -0.1) is 11.3 Å². The van der Waals surface area contributed by atoms with Crippen molar-refractivity contribution in [3.8, 4) is 0 Å². The highest BCUT2D eigenvalue weighted by atomic mass is 32.1. The van der Waals surface area contributed by atoms with Crippen LogP contribution < -0.4 is 5.32 Å². The average Bonchev–Trinajstić information content (AvgIpc) is 2.86. The van der Waals surface area contributed by atoms with Crippen LogP contribution in [0.25, 0.3) is 0 Å². The highest BCUT2D eigenvalue weighted by molar-refractivity contribution is 7.12. The molecule has 2 N–H and O–H groups in total. The van der Waals surface area contributed by atoms with Crippen molar-refractivity contribution in [2.75, 3.05) is 6.54 Å². The van der Waals surface area contributed by atoms with E-state index >= 15 is 0 Å². The molecule has 94 valence electrons. The van der Waals surface area contributed by atoms with E-state index in [1.807, 2.05) is 19.1 Å². The SMILES string of the molecule is Cc1ccc(CC(=O)NCC2(O)CCCC2)s1. The lowest BCUT2D eigenvalue weighted by molar-refractivity contribution is -0.121. The minimum atomic E-state index is -0.652. The summed E-state index contributed by atoms with van der Waals surface area (Å²) >= 11 is 1.65. The van der Waals surface area contributed by atoms with E-state index in [1.165, 1.54) is 4.88 Å². The molecule has 2 rings (SSSR count). The molecule has 0 spiro atoms. The Hall–Kier alpha value is -0.870. The van der Waals surface area contributed by atoms with Gasteiger partial charge in [0, 0.05) is 16.3 Å². The molecule has 4 heteroatoms. The van der Waals surface area contributed by atoms with E-state index in [-0.39, 0.29) is 5.91 Å². The number of aryl methyl sites for hydroxylation is 1. The topological polar surface area (TPSA) is 49.3 Å². The summed E-state index contributed by atoms with van der Waals surface area (Å²) in [6, 6.07) is 4.02. The summed E-state index contributed by atoms with van der Waals surface area (Å²) < 4.78 is 0. The van der Waals surface area contributed by atoms with Crippen LogP contribution in [0.1, 0.15) is 35.4 Å². The average molecular weight is 253 g/mol. The van der Waals surface area contributed by atoms with Gasteiger partial charge in [0.25, 0.3) is 0 Å². The lowest BCUT2D eigenvalue weighted by Gasteiger charge is -2.22. The number of carbonyl (C=O) groups is 1. The lowest BCUT2D eigenvalue weighted by atomic mass is 10.0. The predicted molar refractivity (Wildman–Crippen MR) is 69.2 cm³/mol. The van der Waals surface area contributed by atoms with Gasteiger partial charge in [-0.1, -0.05) is 12.8 Å². The second-order valence-electron chi connectivity index (χ2n) is 4.90. The van der Waals surface area contributed by atoms with Gasteiger partial charge in [-0.2, -0.15) is 0 Å². The zero-order valence-corrected chi connectivity index (χ0v) is 11.0. The van der Waals surface area contributed by atoms with E-state index in [0.717, 1.165) is 30.6 Å². The van der Waals surface area contributed by atoms with E-state index < -0.39 is 5.60 Å². The molecule has 1 saturated carbocycles. The number of aliphatic hydroxyl groups is 1. The first-order valence-electron chi connectivity index (χ1n) is 6.12. The summed E-state index contributed by atoms with van der Waals surface area (Å²) in [4.78, 5) is 14.0. The maximum atomic E-state index is 11.7. The largest absolute Gasteiger partial charge is 0.388 e. The Morgan fingerprint density at radius 3 is 2.76 bits per heavy atom. The lowest BCUT2D eigenvalue weighted by Crippen LogP contribution is -2.41. The Bertz CT molecular complexity index is 394. The molecule has 1 aromatic heterocycles. The van der Waals surface area contributed by atoms with Crippen LogP contribution in [0.5, 0.6) is 0 Å². The molecule has 1 amide bonds. The minimum Gasteiger partial charge on any atom is -0.388 e. The standard InChI is InChI=1S/C13H19NO2S/c1-10-4-5-11(17-10)8-12(15)14-9-13(16)6-2-3-7-13/h4-5,16H,2-3,6-9H2,1H3,(H,14,15). The van der Waals surface area contributed by atoms with Crippen molar-refractivity contribution in [2.45, 2.75) is 44.6 Å². The highest BCUT2D eigenvalue weighted by Gasteiger charge is 2.31. The number of hydrogen-bond donors (Lipinski definition) is 2.